The van der Waals surface area contributed by atoms with Crippen LogP contribution in [0.15, 0.2) is 23.7 Å². The Labute approximate surface area is 127 Å². The lowest BCUT2D eigenvalue weighted by atomic mass is 10.1. The third kappa shape index (κ3) is 3.23. The lowest BCUT2D eigenvalue weighted by Crippen LogP contribution is -2.35. The highest BCUT2D eigenvalue weighted by Gasteiger charge is 2.23. The average molecular weight is 313 g/mol. The van der Waals surface area contributed by atoms with Gasteiger partial charge >= 0.3 is 0 Å². The van der Waals surface area contributed by atoms with Gasteiger partial charge in [0.15, 0.2) is 11.5 Å². The van der Waals surface area contributed by atoms with E-state index in [1.807, 2.05) is 19.2 Å². The van der Waals surface area contributed by atoms with Crippen molar-refractivity contribution in [3.8, 4) is 11.5 Å². The maximum absolute atomic E-state index is 10.1. The molecule has 2 rings (SSSR count). The zero-order chi connectivity index (χ0) is 14.8. The second kappa shape index (κ2) is 5.99. The van der Waals surface area contributed by atoms with Crippen LogP contribution in [0.4, 0.5) is 0 Å². The van der Waals surface area contributed by atoms with Gasteiger partial charge in [-0.15, -0.1) is 11.3 Å². The Kier molecular flexibility index (Phi) is 4.52. The molecule has 1 heterocycles. The standard InChI is InChI=1S/C14H17ClN2O2S/c1-14(2,13-16-4-5-20-13)17-8-9-6-10(15)7-11(19-3)12(9)18/h4-7,17-18H,8H2,1-3H3. The first-order chi connectivity index (χ1) is 9.44. The molecule has 0 saturated carbocycles. The molecule has 0 aliphatic heterocycles. The van der Waals surface area contributed by atoms with Crippen molar-refractivity contribution < 1.29 is 9.84 Å². The van der Waals surface area contributed by atoms with Gasteiger partial charge in [-0.25, -0.2) is 4.98 Å². The van der Waals surface area contributed by atoms with Crippen molar-refractivity contribution in [1.29, 1.82) is 0 Å². The number of hydrogen-bond acceptors (Lipinski definition) is 5. The van der Waals surface area contributed by atoms with Gasteiger partial charge in [-0.05, 0) is 19.9 Å². The molecule has 0 atom stereocenters. The van der Waals surface area contributed by atoms with Crippen LogP contribution in [-0.4, -0.2) is 17.2 Å². The summed E-state index contributed by atoms with van der Waals surface area (Å²) in [6.45, 7) is 4.56. The van der Waals surface area contributed by atoms with Crippen LogP contribution in [0.1, 0.15) is 24.4 Å². The molecular weight excluding hydrogens is 296 g/mol. The fourth-order valence-electron chi connectivity index (χ4n) is 1.84. The molecule has 1 aromatic carbocycles. The quantitative estimate of drug-likeness (QED) is 0.886. The van der Waals surface area contributed by atoms with Crippen LogP contribution in [0.5, 0.6) is 11.5 Å². The highest BCUT2D eigenvalue weighted by Crippen LogP contribution is 2.34. The van der Waals surface area contributed by atoms with Gasteiger partial charge in [-0.2, -0.15) is 0 Å². The van der Waals surface area contributed by atoms with E-state index in [0.29, 0.717) is 22.9 Å². The molecule has 0 aliphatic rings. The Morgan fingerprint density at radius 2 is 2.20 bits per heavy atom. The Bertz CT molecular complexity index is 585. The smallest absolute Gasteiger partial charge is 0.162 e. The molecule has 0 radical (unpaired) electrons. The van der Waals surface area contributed by atoms with Gasteiger partial charge in [0.1, 0.15) is 5.01 Å². The van der Waals surface area contributed by atoms with Gasteiger partial charge in [0.25, 0.3) is 0 Å². The number of rotatable bonds is 5. The summed E-state index contributed by atoms with van der Waals surface area (Å²) in [5.41, 5.74) is 0.412. The number of thiazole rings is 1. The van der Waals surface area contributed by atoms with Crippen molar-refractivity contribution in [2.24, 2.45) is 0 Å². The second-order valence-electron chi connectivity index (χ2n) is 4.93. The number of phenols is 1. The van der Waals surface area contributed by atoms with Crippen molar-refractivity contribution in [3.63, 3.8) is 0 Å². The molecule has 0 aliphatic carbocycles. The Morgan fingerprint density at radius 3 is 2.80 bits per heavy atom. The number of methoxy groups -OCH3 is 1. The molecule has 0 unspecified atom stereocenters. The first-order valence-corrected chi connectivity index (χ1v) is 7.40. The monoisotopic (exact) mass is 312 g/mol. The van der Waals surface area contributed by atoms with Crippen LogP contribution < -0.4 is 10.1 Å². The minimum absolute atomic E-state index is 0.110. The molecule has 0 saturated heterocycles. The molecule has 1 aromatic heterocycles. The zero-order valence-electron chi connectivity index (χ0n) is 11.6. The third-order valence-corrected chi connectivity index (χ3v) is 4.34. The molecule has 0 amide bonds. The summed E-state index contributed by atoms with van der Waals surface area (Å²) in [6, 6.07) is 3.32. The van der Waals surface area contributed by atoms with Crippen LogP contribution >= 0.6 is 22.9 Å². The highest BCUT2D eigenvalue weighted by molar-refractivity contribution is 7.09. The van der Waals surface area contributed by atoms with E-state index in [1.165, 1.54) is 7.11 Å². The van der Waals surface area contributed by atoms with Crippen LogP contribution in [0.2, 0.25) is 5.02 Å². The lowest BCUT2D eigenvalue weighted by molar-refractivity contribution is 0.361. The number of nitrogens with zero attached hydrogens (tertiary/aromatic N) is 1. The van der Waals surface area contributed by atoms with Crippen molar-refractivity contribution in [2.45, 2.75) is 25.9 Å². The van der Waals surface area contributed by atoms with E-state index in [2.05, 4.69) is 10.3 Å². The highest BCUT2D eigenvalue weighted by atomic mass is 35.5. The molecule has 6 heteroatoms. The van der Waals surface area contributed by atoms with E-state index in [4.69, 9.17) is 16.3 Å². The molecule has 20 heavy (non-hydrogen) atoms. The van der Waals surface area contributed by atoms with E-state index < -0.39 is 0 Å². The summed E-state index contributed by atoms with van der Waals surface area (Å²) in [5.74, 6) is 0.487. The van der Waals surface area contributed by atoms with Crippen LogP contribution in [0.25, 0.3) is 0 Å². The number of nitrogens with one attached hydrogen (secondary N) is 1. The molecule has 0 bridgehead atoms. The largest absolute Gasteiger partial charge is 0.504 e. The Balaban J connectivity index is 2.17. The minimum Gasteiger partial charge on any atom is -0.504 e. The van der Waals surface area contributed by atoms with Crippen molar-refractivity contribution >= 4 is 22.9 Å². The predicted molar refractivity (Wildman–Crippen MR) is 81.6 cm³/mol. The fraction of sp³-hybridized carbons (Fsp3) is 0.357. The van der Waals surface area contributed by atoms with Gasteiger partial charge in [0.2, 0.25) is 0 Å². The molecule has 2 aromatic rings. The molecule has 0 fully saturated rings. The molecule has 0 spiro atoms. The van der Waals surface area contributed by atoms with Gasteiger partial charge in [0.05, 0.1) is 12.6 Å². The zero-order valence-corrected chi connectivity index (χ0v) is 13.2. The summed E-state index contributed by atoms with van der Waals surface area (Å²) in [7, 11) is 1.50. The fourth-order valence-corrected chi connectivity index (χ4v) is 2.81. The number of phenolic OH excluding ortho intramolecular Hbond substituents is 1. The van der Waals surface area contributed by atoms with Gasteiger partial charge in [0, 0.05) is 34.8 Å². The van der Waals surface area contributed by atoms with Crippen molar-refractivity contribution in [2.75, 3.05) is 7.11 Å². The van der Waals surface area contributed by atoms with E-state index in [0.717, 1.165) is 5.01 Å². The summed E-state index contributed by atoms with van der Waals surface area (Å²) >= 11 is 7.61. The third-order valence-electron chi connectivity index (χ3n) is 3.03. The van der Waals surface area contributed by atoms with Crippen LogP contribution in [-0.2, 0) is 12.1 Å². The van der Waals surface area contributed by atoms with Gasteiger partial charge in [-0.3, -0.25) is 0 Å². The number of aromatic nitrogens is 1. The first-order valence-electron chi connectivity index (χ1n) is 6.14. The summed E-state index contributed by atoms with van der Waals surface area (Å²) in [5, 5.41) is 16.9. The normalized spacial score (nSPS) is 11.6. The van der Waals surface area contributed by atoms with E-state index in [9.17, 15) is 5.11 Å². The van der Waals surface area contributed by atoms with E-state index in [-0.39, 0.29) is 11.3 Å². The summed E-state index contributed by atoms with van der Waals surface area (Å²) in [6.07, 6.45) is 1.78. The summed E-state index contributed by atoms with van der Waals surface area (Å²) in [4.78, 5) is 4.32. The minimum atomic E-state index is -0.282. The molecule has 2 N–H and O–H groups in total. The predicted octanol–water partition coefficient (Wildman–Crippen LogP) is 3.54. The maximum Gasteiger partial charge on any atom is 0.162 e. The van der Waals surface area contributed by atoms with Gasteiger partial charge in [-0.1, -0.05) is 11.6 Å². The number of benzene rings is 1. The number of aromatic hydroxyl groups is 1. The van der Waals surface area contributed by atoms with E-state index in [1.54, 1.807) is 29.7 Å². The number of halogens is 1. The average Bonchev–Trinajstić information content (AvgIpc) is 2.94. The molecule has 108 valence electrons. The van der Waals surface area contributed by atoms with Crippen molar-refractivity contribution in [3.05, 3.63) is 39.3 Å². The maximum atomic E-state index is 10.1. The first kappa shape index (κ1) is 15.1. The Morgan fingerprint density at radius 1 is 1.45 bits per heavy atom. The SMILES string of the molecule is COc1cc(Cl)cc(CNC(C)(C)c2nccs2)c1O. The van der Waals surface area contributed by atoms with Gasteiger partial charge < -0.3 is 15.2 Å². The second-order valence-corrected chi connectivity index (χ2v) is 6.26. The van der Waals surface area contributed by atoms with Crippen LogP contribution in [0, 0.1) is 0 Å². The van der Waals surface area contributed by atoms with E-state index >= 15 is 0 Å². The topological polar surface area (TPSA) is 54.4 Å². The van der Waals surface area contributed by atoms with Crippen LogP contribution in [0.3, 0.4) is 0 Å². The molecular formula is C14H17ClN2O2S. The number of ether oxygens (including phenoxy) is 1. The summed E-state index contributed by atoms with van der Waals surface area (Å²) < 4.78 is 5.10. The lowest BCUT2D eigenvalue weighted by Gasteiger charge is -2.24. The van der Waals surface area contributed by atoms with Crippen molar-refractivity contribution in [1.82, 2.24) is 10.3 Å². The Hall–Kier alpha value is -1.30. The number of hydrogen-bond donors (Lipinski definition) is 2. The molecule has 4 nitrogen and oxygen atoms in total.